The molecule has 6 rings (SSSR count). The van der Waals surface area contributed by atoms with Gasteiger partial charge in [-0.25, -0.2) is 0 Å². The molecular formula is C37H40N2O5S. The van der Waals surface area contributed by atoms with Crippen LogP contribution in [-0.2, 0) is 9.59 Å². The topological polar surface area (TPSA) is 96.9 Å². The molecule has 234 valence electrons. The summed E-state index contributed by atoms with van der Waals surface area (Å²) in [6.07, 6.45) is 1.32. The first-order valence-electron chi connectivity index (χ1n) is 15.2. The molecule has 6 atom stereocenters. The van der Waals surface area contributed by atoms with Crippen LogP contribution in [0.4, 0.5) is 0 Å². The number of thioether (sulfide) groups is 1. The Kier molecular flexibility index (Phi) is 10.8. The van der Waals surface area contributed by atoms with Crippen molar-refractivity contribution in [1.29, 1.82) is 0 Å². The van der Waals surface area contributed by atoms with Crippen LogP contribution in [0.15, 0.2) is 109 Å². The van der Waals surface area contributed by atoms with E-state index in [4.69, 9.17) is 9.47 Å². The Hall–Kier alpha value is -4.27. The van der Waals surface area contributed by atoms with Gasteiger partial charge in [0, 0.05) is 11.1 Å². The molecular weight excluding hydrogens is 584 g/mol. The maximum atomic E-state index is 12.6. The summed E-state index contributed by atoms with van der Waals surface area (Å²) >= 11 is 1.75. The van der Waals surface area contributed by atoms with Crippen LogP contribution in [0.3, 0.4) is 0 Å². The van der Waals surface area contributed by atoms with Gasteiger partial charge in [0.05, 0.1) is 29.2 Å². The monoisotopic (exact) mass is 624 g/mol. The van der Waals surface area contributed by atoms with Gasteiger partial charge in [-0.05, 0) is 43.4 Å². The lowest BCUT2D eigenvalue weighted by atomic mass is 9.96. The third-order valence-electron chi connectivity index (χ3n) is 8.34. The van der Waals surface area contributed by atoms with Gasteiger partial charge >= 0.3 is 0 Å². The van der Waals surface area contributed by atoms with E-state index in [1.54, 1.807) is 11.8 Å². The summed E-state index contributed by atoms with van der Waals surface area (Å²) in [5.74, 6) is 1.09. The fraction of sp³-hybridized carbons (Fsp3) is 0.297. The van der Waals surface area contributed by atoms with E-state index < -0.39 is 12.1 Å². The molecule has 7 nitrogen and oxygen atoms in total. The van der Waals surface area contributed by atoms with E-state index in [1.807, 2.05) is 117 Å². The predicted octanol–water partition coefficient (Wildman–Crippen LogP) is 6.17. The zero-order valence-electron chi connectivity index (χ0n) is 25.8. The fourth-order valence-corrected chi connectivity index (χ4v) is 6.53. The lowest BCUT2D eigenvalue weighted by Crippen LogP contribution is -2.46. The van der Waals surface area contributed by atoms with Crippen LogP contribution in [0.25, 0.3) is 0 Å². The van der Waals surface area contributed by atoms with Crippen LogP contribution in [-0.4, -0.2) is 48.5 Å². The van der Waals surface area contributed by atoms with E-state index in [0.29, 0.717) is 17.9 Å². The number of amides is 2. The van der Waals surface area contributed by atoms with E-state index in [-0.39, 0.29) is 41.5 Å². The second kappa shape index (κ2) is 15.1. The van der Waals surface area contributed by atoms with Crippen LogP contribution < -0.4 is 20.1 Å². The van der Waals surface area contributed by atoms with Crippen molar-refractivity contribution in [3.8, 4) is 11.5 Å². The van der Waals surface area contributed by atoms with Crippen molar-refractivity contribution in [3.05, 3.63) is 131 Å². The Morgan fingerprint density at radius 3 is 1.62 bits per heavy atom. The summed E-state index contributed by atoms with van der Waals surface area (Å²) < 4.78 is 11.4. The third kappa shape index (κ3) is 7.70. The minimum Gasteiger partial charge on any atom is -0.491 e. The number of hydrogen-bond donors (Lipinski definition) is 3. The van der Waals surface area contributed by atoms with Crippen LogP contribution in [0, 0.1) is 0 Å². The molecule has 0 bridgehead atoms. The average Bonchev–Trinajstić information content (AvgIpc) is 3.09. The summed E-state index contributed by atoms with van der Waals surface area (Å²) in [5, 5.41) is 16.7. The smallest absolute Gasteiger partial charge is 0.227 e. The molecule has 4 unspecified atom stereocenters. The Labute approximate surface area is 269 Å². The second-order valence-electron chi connectivity index (χ2n) is 11.3. The minimum absolute atomic E-state index is 0.0152. The second-order valence-corrected chi connectivity index (χ2v) is 12.3. The number of aliphatic hydroxyl groups excluding tert-OH is 1. The molecule has 0 saturated carbocycles. The van der Waals surface area contributed by atoms with E-state index in [9.17, 15) is 14.7 Å². The highest BCUT2D eigenvalue weighted by Gasteiger charge is 2.33. The molecule has 8 heteroatoms. The molecule has 0 fully saturated rings. The predicted molar refractivity (Wildman–Crippen MR) is 179 cm³/mol. The van der Waals surface area contributed by atoms with Crippen molar-refractivity contribution in [3.63, 3.8) is 0 Å². The van der Waals surface area contributed by atoms with Crippen molar-refractivity contribution in [2.45, 2.75) is 49.1 Å². The van der Waals surface area contributed by atoms with Crippen molar-refractivity contribution in [1.82, 2.24) is 10.6 Å². The lowest BCUT2D eigenvalue weighted by Gasteiger charge is -2.33. The highest BCUT2D eigenvalue weighted by Crippen LogP contribution is 2.40. The standard InChI is InChI=1S/C19H21NO2S.C18H19NO3/c1-13(14-8-4-3-5-9-14)19(21)20-16-12-22-17-11-7-6-10-15(17)18(16)23-2;1-12(13-7-3-2-4-8-13)18(21)19-15-11-22-16-10-6-5-9-14(16)17(15)20/h3-11,13,16,18H,12H2,1-2H3,(H,20,21);2-10,12,15,17,20H,11H2,1H3,(H,19,21)/t13-,16?,18?;12-,15?,17?/m00/s1. The number of benzene rings is 4. The van der Waals surface area contributed by atoms with Crippen LogP contribution in [0.5, 0.6) is 11.5 Å². The van der Waals surface area contributed by atoms with Gasteiger partial charge in [0.25, 0.3) is 0 Å². The molecule has 45 heavy (non-hydrogen) atoms. The summed E-state index contributed by atoms with van der Waals surface area (Å²) in [6, 6.07) is 34.4. The lowest BCUT2D eigenvalue weighted by molar-refractivity contribution is -0.124. The molecule has 3 N–H and O–H groups in total. The molecule has 0 spiro atoms. The Morgan fingerprint density at radius 2 is 1.09 bits per heavy atom. The van der Waals surface area contributed by atoms with Gasteiger partial charge in [0.1, 0.15) is 30.8 Å². The molecule has 0 aromatic heterocycles. The highest BCUT2D eigenvalue weighted by atomic mass is 32.2. The molecule has 2 amide bonds. The molecule has 0 saturated heterocycles. The van der Waals surface area contributed by atoms with Gasteiger partial charge in [-0.2, -0.15) is 11.8 Å². The average molecular weight is 625 g/mol. The van der Waals surface area contributed by atoms with Gasteiger partial charge in [-0.3, -0.25) is 9.59 Å². The minimum atomic E-state index is -0.753. The maximum Gasteiger partial charge on any atom is 0.227 e. The van der Waals surface area contributed by atoms with Crippen molar-refractivity contribution >= 4 is 23.6 Å². The zero-order valence-corrected chi connectivity index (χ0v) is 26.6. The SMILES string of the molecule is CSC1c2ccccc2OCC1NC(=O)[C@@H](C)c1ccccc1.C[C@H](C(=O)NC1COc2ccccc2C1O)c1ccccc1. The summed E-state index contributed by atoms with van der Waals surface area (Å²) in [7, 11) is 0. The normalized spacial score (nSPS) is 21.2. The van der Waals surface area contributed by atoms with E-state index in [1.165, 1.54) is 0 Å². The van der Waals surface area contributed by atoms with E-state index in [0.717, 1.165) is 22.4 Å². The Balaban J connectivity index is 0.000000178. The zero-order chi connectivity index (χ0) is 31.8. The van der Waals surface area contributed by atoms with Crippen LogP contribution in [0.2, 0.25) is 0 Å². The van der Waals surface area contributed by atoms with Gasteiger partial charge in [-0.1, -0.05) is 97.1 Å². The first kappa shape index (κ1) is 32.1. The van der Waals surface area contributed by atoms with Gasteiger partial charge in [0.2, 0.25) is 11.8 Å². The number of carbonyl (C=O) groups is 2. The summed E-state index contributed by atoms with van der Waals surface area (Å²) in [5.41, 5.74) is 3.85. The number of aliphatic hydroxyl groups is 1. The van der Waals surface area contributed by atoms with Crippen molar-refractivity contribution < 1.29 is 24.2 Å². The Morgan fingerprint density at radius 1 is 0.667 bits per heavy atom. The van der Waals surface area contributed by atoms with E-state index >= 15 is 0 Å². The van der Waals surface area contributed by atoms with Gasteiger partial charge in [0.15, 0.2) is 0 Å². The number of rotatable bonds is 7. The Bertz CT molecular complexity index is 1570. The number of carbonyl (C=O) groups excluding carboxylic acids is 2. The number of ether oxygens (including phenoxy) is 2. The molecule has 2 aliphatic rings. The number of nitrogens with one attached hydrogen (secondary N) is 2. The number of para-hydroxylation sites is 2. The highest BCUT2D eigenvalue weighted by molar-refractivity contribution is 7.98. The summed E-state index contributed by atoms with van der Waals surface area (Å²) in [4.78, 5) is 25.0. The van der Waals surface area contributed by atoms with Gasteiger partial charge in [-0.15, -0.1) is 0 Å². The van der Waals surface area contributed by atoms with Crippen LogP contribution >= 0.6 is 11.8 Å². The molecule has 0 radical (unpaired) electrons. The molecule has 0 aliphatic carbocycles. The molecule has 4 aromatic rings. The van der Waals surface area contributed by atoms with Crippen molar-refractivity contribution in [2.75, 3.05) is 19.5 Å². The van der Waals surface area contributed by atoms with Crippen molar-refractivity contribution in [2.24, 2.45) is 0 Å². The largest absolute Gasteiger partial charge is 0.491 e. The fourth-order valence-electron chi connectivity index (χ4n) is 5.61. The van der Waals surface area contributed by atoms with Gasteiger partial charge < -0.3 is 25.2 Å². The molecule has 4 aromatic carbocycles. The molecule has 2 aliphatic heterocycles. The van der Waals surface area contributed by atoms with E-state index in [2.05, 4.69) is 23.0 Å². The summed E-state index contributed by atoms with van der Waals surface area (Å²) in [6.45, 7) is 4.58. The molecule has 2 heterocycles. The van der Waals surface area contributed by atoms with Crippen LogP contribution in [0.1, 0.15) is 59.3 Å². The quantitative estimate of drug-likeness (QED) is 0.228. The first-order valence-corrected chi connectivity index (χ1v) is 16.5. The number of hydrogen-bond acceptors (Lipinski definition) is 6. The maximum absolute atomic E-state index is 12.6. The first-order chi connectivity index (χ1) is 21.9. The third-order valence-corrected chi connectivity index (χ3v) is 9.43. The number of fused-ring (bicyclic) bond motifs is 2.